The van der Waals surface area contributed by atoms with Crippen LogP contribution in [0.25, 0.3) is 5.57 Å². The zero-order valence-electron chi connectivity index (χ0n) is 20.8. The van der Waals surface area contributed by atoms with Crippen LogP contribution in [0.5, 0.6) is 34.5 Å². The molecule has 1 aliphatic heterocycles. The van der Waals surface area contributed by atoms with Crippen molar-refractivity contribution < 1.29 is 43.1 Å². The number of allylic oxidation sites excluding steroid dienone is 1. The van der Waals surface area contributed by atoms with Gasteiger partial charge in [0.1, 0.15) is 5.75 Å². The summed E-state index contributed by atoms with van der Waals surface area (Å²) in [6.07, 6.45) is -0.105. The Morgan fingerprint density at radius 3 is 2.08 bits per heavy atom. The van der Waals surface area contributed by atoms with E-state index >= 15 is 0 Å². The van der Waals surface area contributed by atoms with Crippen molar-refractivity contribution in [2.75, 3.05) is 35.2 Å². The Balaban J connectivity index is 1.92. The molecular weight excluding hydrogens is 480 g/mol. The molecule has 0 bridgehead atoms. The predicted octanol–water partition coefficient (Wildman–Crippen LogP) is 3.08. The van der Waals surface area contributed by atoms with E-state index < -0.39 is 11.8 Å². The predicted molar refractivity (Wildman–Crippen MR) is 132 cm³/mol. The molecule has 0 N–H and O–H groups in total. The van der Waals surface area contributed by atoms with Gasteiger partial charge in [0.2, 0.25) is 12.5 Å². The molecule has 9 nitrogen and oxygen atoms in total. The molecular formula is C28H25O9-. The van der Waals surface area contributed by atoms with Crippen LogP contribution in [0.2, 0.25) is 0 Å². The highest BCUT2D eigenvalue weighted by Crippen LogP contribution is 2.42. The number of aliphatic carboxylic acids is 1. The van der Waals surface area contributed by atoms with Crippen molar-refractivity contribution in [3.8, 4) is 34.5 Å². The molecule has 1 heterocycles. The van der Waals surface area contributed by atoms with Gasteiger partial charge in [-0.3, -0.25) is 4.79 Å². The van der Waals surface area contributed by atoms with Crippen molar-refractivity contribution in [1.29, 1.82) is 0 Å². The van der Waals surface area contributed by atoms with Crippen molar-refractivity contribution in [2.45, 2.75) is 6.42 Å². The van der Waals surface area contributed by atoms with Gasteiger partial charge in [0, 0.05) is 28.7 Å². The Hall–Kier alpha value is -4.66. The van der Waals surface area contributed by atoms with Crippen LogP contribution in [0, 0.1) is 0 Å². The topological polar surface area (TPSA) is 113 Å². The first-order valence-corrected chi connectivity index (χ1v) is 11.2. The van der Waals surface area contributed by atoms with E-state index in [1.807, 2.05) is 0 Å². The van der Waals surface area contributed by atoms with Crippen LogP contribution in [-0.2, 0) is 11.2 Å². The summed E-state index contributed by atoms with van der Waals surface area (Å²) >= 11 is 0. The third-order valence-corrected chi connectivity index (χ3v) is 5.95. The van der Waals surface area contributed by atoms with Crippen LogP contribution in [0.3, 0.4) is 0 Å². The number of hydrogen-bond donors (Lipinski definition) is 0. The number of carbonyl (C=O) groups is 2. The maximum atomic E-state index is 13.8. The van der Waals surface area contributed by atoms with Gasteiger partial charge >= 0.3 is 0 Å². The highest BCUT2D eigenvalue weighted by atomic mass is 16.7. The number of carboxylic acid groups (broad SMARTS) is 1. The van der Waals surface area contributed by atoms with Crippen molar-refractivity contribution in [3.05, 3.63) is 76.9 Å². The second-order valence-corrected chi connectivity index (χ2v) is 7.94. The minimum absolute atomic E-state index is 0.0175. The van der Waals surface area contributed by atoms with Gasteiger partial charge in [-0.05, 0) is 48.0 Å². The van der Waals surface area contributed by atoms with Crippen molar-refractivity contribution in [1.82, 2.24) is 0 Å². The number of fused-ring (bicyclic) bond motifs is 1. The molecule has 0 aromatic heterocycles. The maximum absolute atomic E-state index is 13.8. The number of ether oxygens (including phenoxy) is 6. The van der Waals surface area contributed by atoms with Crippen LogP contribution in [0.4, 0.5) is 0 Å². The first kappa shape index (κ1) is 25.4. The van der Waals surface area contributed by atoms with E-state index in [0.29, 0.717) is 40.1 Å². The number of methoxy groups -OCH3 is 4. The fourth-order valence-electron chi connectivity index (χ4n) is 4.16. The normalized spacial score (nSPS) is 12.4. The fraction of sp³-hybridized carbons (Fsp3) is 0.214. The van der Waals surface area contributed by atoms with Gasteiger partial charge in [-0.2, -0.15) is 0 Å². The van der Waals surface area contributed by atoms with Crippen LogP contribution >= 0.6 is 0 Å². The van der Waals surface area contributed by atoms with E-state index in [1.165, 1.54) is 34.5 Å². The standard InChI is InChI=1S/C28H26O9/c1-32-19-9-5-16(6-10-19)25(29)20(13-18-8-12-22(33-2)27(35-4)26(18)34-3)24(28(30)31)17-7-11-21-23(14-17)37-15-36-21/h5-12,14H,13,15H2,1-4H3,(H,30,31)/p-1/b24-20-. The first-order valence-electron chi connectivity index (χ1n) is 11.2. The lowest BCUT2D eigenvalue weighted by Gasteiger charge is -2.20. The molecule has 3 aromatic carbocycles. The lowest BCUT2D eigenvalue weighted by molar-refractivity contribution is -0.295. The van der Waals surface area contributed by atoms with E-state index in [2.05, 4.69) is 0 Å². The highest BCUT2D eigenvalue weighted by Gasteiger charge is 2.25. The third kappa shape index (κ3) is 5.02. The molecule has 0 radical (unpaired) electrons. The molecule has 0 aliphatic carbocycles. The van der Waals surface area contributed by atoms with Crippen LogP contribution in [0.1, 0.15) is 21.5 Å². The smallest absolute Gasteiger partial charge is 0.231 e. The summed E-state index contributed by atoms with van der Waals surface area (Å²) in [6, 6.07) is 14.4. The zero-order chi connectivity index (χ0) is 26.5. The Kier molecular flexibility index (Phi) is 7.52. The molecule has 1 aliphatic rings. The van der Waals surface area contributed by atoms with Gasteiger partial charge in [-0.25, -0.2) is 0 Å². The number of benzene rings is 3. The average Bonchev–Trinajstić information content (AvgIpc) is 3.39. The number of ketones is 1. The van der Waals surface area contributed by atoms with E-state index in [4.69, 9.17) is 28.4 Å². The molecule has 9 heteroatoms. The molecule has 0 unspecified atom stereocenters. The minimum atomic E-state index is -1.52. The van der Waals surface area contributed by atoms with Crippen LogP contribution in [0.15, 0.2) is 60.2 Å². The lowest BCUT2D eigenvalue weighted by Crippen LogP contribution is -2.27. The number of carbonyl (C=O) groups excluding carboxylic acids is 2. The van der Waals surface area contributed by atoms with E-state index in [-0.39, 0.29) is 35.5 Å². The number of rotatable bonds is 10. The van der Waals surface area contributed by atoms with E-state index in [9.17, 15) is 14.7 Å². The molecule has 0 amide bonds. The van der Waals surface area contributed by atoms with Gasteiger partial charge in [0.15, 0.2) is 28.8 Å². The maximum Gasteiger partial charge on any atom is 0.231 e. The largest absolute Gasteiger partial charge is 0.545 e. The number of hydrogen-bond acceptors (Lipinski definition) is 9. The molecule has 3 aromatic rings. The van der Waals surface area contributed by atoms with E-state index in [0.717, 1.165) is 0 Å². The van der Waals surface area contributed by atoms with Gasteiger partial charge in [-0.15, -0.1) is 0 Å². The number of Topliss-reactive ketones (excluding diaryl/α,β-unsaturated/α-hetero) is 1. The summed E-state index contributed by atoms with van der Waals surface area (Å²) in [5.41, 5.74) is 0.720. The van der Waals surface area contributed by atoms with Crippen molar-refractivity contribution in [3.63, 3.8) is 0 Å². The third-order valence-electron chi connectivity index (χ3n) is 5.95. The minimum Gasteiger partial charge on any atom is -0.545 e. The SMILES string of the molecule is COc1ccc(C(=O)/C(Cc2ccc(OC)c(OC)c2OC)=C(\C(=O)[O-])c2ccc3c(c2)OCO3)cc1. The van der Waals surface area contributed by atoms with Gasteiger partial charge in [-0.1, -0.05) is 12.1 Å². The molecule has 0 fully saturated rings. The zero-order valence-corrected chi connectivity index (χ0v) is 20.8. The second kappa shape index (κ2) is 10.9. The summed E-state index contributed by atoms with van der Waals surface area (Å²) in [6.45, 7) is 0.0175. The summed E-state index contributed by atoms with van der Waals surface area (Å²) < 4.78 is 32.3. The summed E-state index contributed by atoms with van der Waals surface area (Å²) in [7, 11) is 5.91. The summed E-state index contributed by atoms with van der Waals surface area (Å²) in [5, 5.41) is 12.6. The molecule has 0 saturated carbocycles. The lowest BCUT2D eigenvalue weighted by atomic mass is 9.89. The molecule has 0 saturated heterocycles. The molecule has 0 spiro atoms. The quantitative estimate of drug-likeness (QED) is 0.303. The van der Waals surface area contributed by atoms with Crippen molar-refractivity contribution in [2.24, 2.45) is 0 Å². The summed E-state index contributed by atoms with van der Waals surface area (Å²) in [5.74, 6) is 0.432. The Morgan fingerprint density at radius 2 is 1.46 bits per heavy atom. The molecule has 0 atom stereocenters. The van der Waals surface area contributed by atoms with Crippen LogP contribution < -0.4 is 33.5 Å². The Labute approximate surface area is 213 Å². The summed E-state index contributed by atoms with van der Waals surface area (Å²) in [4.78, 5) is 26.4. The van der Waals surface area contributed by atoms with Crippen molar-refractivity contribution >= 4 is 17.3 Å². The molecule has 4 rings (SSSR count). The monoisotopic (exact) mass is 505 g/mol. The highest BCUT2D eigenvalue weighted by molar-refractivity contribution is 6.25. The number of carboxylic acids is 1. The van der Waals surface area contributed by atoms with E-state index in [1.54, 1.807) is 48.5 Å². The fourth-order valence-corrected chi connectivity index (χ4v) is 4.16. The first-order chi connectivity index (χ1) is 17.9. The van der Waals surface area contributed by atoms with Gasteiger partial charge < -0.3 is 38.3 Å². The molecule has 37 heavy (non-hydrogen) atoms. The Morgan fingerprint density at radius 1 is 0.784 bits per heavy atom. The van der Waals surface area contributed by atoms with Gasteiger partial charge in [0.25, 0.3) is 0 Å². The molecule has 192 valence electrons. The average molecular weight is 505 g/mol. The van der Waals surface area contributed by atoms with Gasteiger partial charge in [0.05, 0.1) is 34.4 Å². The van der Waals surface area contributed by atoms with Crippen LogP contribution in [-0.4, -0.2) is 47.0 Å². The Bertz CT molecular complexity index is 1360. The second-order valence-electron chi connectivity index (χ2n) is 7.94.